The maximum Gasteiger partial charge on any atom is 0.0945 e. The van der Waals surface area contributed by atoms with Crippen LogP contribution in [0, 0.1) is 0 Å². The molecule has 0 aliphatic carbocycles. The Hall–Kier alpha value is -1.40. The Morgan fingerprint density at radius 1 is 0.567 bits per heavy atom. The van der Waals surface area contributed by atoms with E-state index in [1.54, 1.807) is 0 Å². The number of hydrogen-bond acceptors (Lipinski definition) is 4. The highest BCUT2D eigenvalue weighted by atomic mass is 16.4. The second kappa shape index (κ2) is 20.9. The van der Waals surface area contributed by atoms with Gasteiger partial charge in [0.2, 0.25) is 0 Å². The maximum atomic E-state index is 9.41. The predicted molar refractivity (Wildman–Crippen MR) is 120 cm³/mol. The Bertz CT molecular complexity index is 376. The Morgan fingerprint density at radius 2 is 0.733 bits per heavy atom. The van der Waals surface area contributed by atoms with Crippen LogP contribution in [0.1, 0.15) is 119 Å². The van der Waals surface area contributed by atoms with Crippen molar-refractivity contribution in [3.63, 3.8) is 0 Å². The van der Waals surface area contributed by atoms with Crippen molar-refractivity contribution < 1.29 is 31.3 Å². The van der Waals surface area contributed by atoms with E-state index in [9.17, 15) is 19.8 Å². The van der Waals surface area contributed by atoms with Crippen LogP contribution < -0.4 is 21.7 Å². The van der Waals surface area contributed by atoms with Gasteiger partial charge >= 0.3 is 0 Å². The van der Waals surface area contributed by atoms with Gasteiger partial charge in [0, 0.05) is 38.5 Å². The van der Waals surface area contributed by atoms with Crippen LogP contribution in [0.15, 0.2) is 12.2 Å². The van der Waals surface area contributed by atoms with Gasteiger partial charge in [-0.2, -0.15) is 0 Å². The van der Waals surface area contributed by atoms with Crippen LogP contribution in [0.4, 0.5) is 0 Å². The molecule has 0 atom stereocenters. The summed E-state index contributed by atoms with van der Waals surface area (Å²) in [7, 11) is 0. The molecule has 30 heavy (non-hydrogen) atoms. The lowest BCUT2D eigenvalue weighted by molar-refractivity contribution is -0.484. The van der Waals surface area contributed by atoms with Crippen LogP contribution in [-0.2, 0) is 9.59 Å². The number of aliphatic carboxylic acids is 2. The third-order valence-corrected chi connectivity index (χ3v) is 5.04. The van der Waals surface area contributed by atoms with E-state index in [4.69, 9.17) is 0 Å². The summed E-state index contributed by atoms with van der Waals surface area (Å²) in [4.78, 5) is 18.8. The molecule has 0 unspecified atom stereocenters. The summed E-state index contributed by atoms with van der Waals surface area (Å²) in [6.45, 7) is 13.5. The van der Waals surface area contributed by atoms with E-state index in [-0.39, 0.29) is 0 Å². The number of carbonyl (C=O) groups excluding carboxylic acids is 2. The molecule has 0 bridgehead atoms. The van der Waals surface area contributed by atoms with Crippen molar-refractivity contribution in [2.24, 2.45) is 0 Å². The van der Waals surface area contributed by atoms with Crippen molar-refractivity contribution in [3.8, 4) is 0 Å². The average molecular weight is 431 g/mol. The van der Waals surface area contributed by atoms with Gasteiger partial charge < -0.3 is 31.3 Å². The Balaban J connectivity index is -0.000000370. The van der Waals surface area contributed by atoms with Crippen LogP contribution in [0.5, 0.6) is 0 Å². The van der Waals surface area contributed by atoms with E-state index in [2.05, 4.69) is 53.0 Å². The molecule has 0 aromatic heterocycles. The molecule has 0 saturated heterocycles. The van der Waals surface area contributed by atoms with Crippen molar-refractivity contribution >= 4 is 11.9 Å². The van der Waals surface area contributed by atoms with Crippen molar-refractivity contribution in [3.05, 3.63) is 12.2 Å². The number of rotatable bonds is 14. The minimum Gasteiger partial charge on any atom is -0.545 e. The summed E-state index contributed by atoms with van der Waals surface area (Å²) >= 11 is 0. The van der Waals surface area contributed by atoms with Crippen molar-refractivity contribution in [2.75, 3.05) is 0 Å². The predicted octanol–water partition coefficient (Wildman–Crippen LogP) is 1.78. The number of carboxylic acid groups (broad SMARTS) is 2. The SMILES string of the molecule is CCCC([NH3+])(CCC)CCC.CCCC([NH3+])(CCC)CCC.O=C([O-])/C=C/C(=O)[O-]. The number of quaternary nitrogens is 2. The van der Waals surface area contributed by atoms with E-state index in [0.29, 0.717) is 23.2 Å². The highest BCUT2D eigenvalue weighted by molar-refractivity contribution is 5.87. The fraction of sp³-hybridized carbons (Fsp3) is 0.833. The highest BCUT2D eigenvalue weighted by Gasteiger charge is 2.26. The molecule has 0 heterocycles. The molecule has 0 saturated carbocycles. The first-order chi connectivity index (χ1) is 14.0. The Labute approximate surface area is 185 Å². The fourth-order valence-corrected chi connectivity index (χ4v) is 4.07. The molecular weight excluding hydrogens is 380 g/mol. The molecule has 0 amide bonds. The molecule has 0 aromatic carbocycles. The summed E-state index contributed by atoms with van der Waals surface area (Å²) in [5.74, 6) is -3.09. The summed E-state index contributed by atoms with van der Waals surface area (Å²) in [5.41, 5.74) is 9.48. The normalized spacial score (nSPS) is 11.3. The van der Waals surface area contributed by atoms with Crippen LogP contribution in [0.25, 0.3) is 0 Å². The van der Waals surface area contributed by atoms with Gasteiger partial charge in [-0.25, -0.2) is 0 Å². The van der Waals surface area contributed by atoms with Crippen LogP contribution in [0.2, 0.25) is 0 Å². The van der Waals surface area contributed by atoms with Gasteiger partial charge in [0.1, 0.15) is 0 Å². The van der Waals surface area contributed by atoms with Crippen LogP contribution in [0.3, 0.4) is 0 Å². The van der Waals surface area contributed by atoms with E-state index >= 15 is 0 Å². The quantitative estimate of drug-likeness (QED) is 0.406. The van der Waals surface area contributed by atoms with Crippen LogP contribution in [-0.4, -0.2) is 23.0 Å². The van der Waals surface area contributed by atoms with Crippen molar-refractivity contribution in [2.45, 2.75) is 130 Å². The standard InChI is InChI=1S/2C10H23N.C4H4O4/c2*1-4-7-10(11,8-5-2)9-6-3;5-3(6)1-2-4(7)8/h2*4-9,11H2,1-3H3;1-2H,(H,5,6)(H,7,8)/b;;2-1+. The fourth-order valence-electron chi connectivity index (χ4n) is 4.07. The Kier molecular flexibility index (Phi) is 23.1. The number of carbonyl (C=O) groups is 2. The first-order valence-corrected chi connectivity index (χ1v) is 11.8. The summed E-state index contributed by atoms with van der Waals surface area (Å²) in [5, 5.41) is 18.8. The van der Waals surface area contributed by atoms with Crippen molar-refractivity contribution in [1.82, 2.24) is 0 Å². The zero-order valence-corrected chi connectivity index (χ0v) is 20.7. The molecule has 6 nitrogen and oxygen atoms in total. The third-order valence-electron chi connectivity index (χ3n) is 5.04. The molecule has 6 heteroatoms. The van der Waals surface area contributed by atoms with Gasteiger partial charge in [0.25, 0.3) is 0 Å². The topological polar surface area (TPSA) is 136 Å². The van der Waals surface area contributed by atoms with Crippen LogP contribution >= 0.6 is 0 Å². The molecule has 0 aliphatic heterocycles. The number of carboxylic acids is 2. The summed E-state index contributed by atoms with van der Waals surface area (Å²) in [6, 6.07) is 0. The molecular formula is C24H50N2O4. The molecule has 0 fully saturated rings. The first-order valence-electron chi connectivity index (χ1n) is 11.8. The first kappa shape index (κ1) is 33.2. The van der Waals surface area contributed by atoms with Gasteiger partial charge in [0.15, 0.2) is 0 Å². The molecule has 0 spiro atoms. The molecule has 0 radical (unpaired) electrons. The lowest BCUT2D eigenvalue weighted by Crippen LogP contribution is -2.72. The molecule has 180 valence electrons. The summed E-state index contributed by atoms with van der Waals surface area (Å²) < 4.78 is 0. The minimum atomic E-state index is -1.55. The monoisotopic (exact) mass is 430 g/mol. The zero-order chi connectivity index (χ0) is 24.1. The Morgan fingerprint density at radius 3 is 0.833 bits per heavy atom. The lowest BCUT2D eigenvalue weighted by Gasteiger charge is -2.24. The second-order valence-electron chi connectivity index (χ2n) is 8.47. The summed E-state index contributed by atoms with van der Waals surface area (Å²) in [6.07, 6.45) is 16.3. The average Bonchev–Trinajstić information content (AvgIpc) is 2.62. The van der Waals surface area contributed by atoms with Gasteiger partial charge in [-0.3, -0.25) is 0 Å². The lowest BCUT2D eigenvalue weighted by atomic mass is 9.86. The number of hydrogen-bond donors (Lipinski definition) is 2. The molecule has 0 rings (SSSR count). The van der Waals surface area contributed by atoms with Crippen molar-refractivity contribution in [1.29, 1.82) is 0 Å². The smallest absolute Gasteiger partial charge is 0.0945 e. The van der Waals surface area contributed by atoms with E-state index in [1.165, 1.54) is 77.0 Å². The van der Waals surface area contributed by atoms with Gasteiger partial charge in [-0.1, -0.05) is 80.1 Å². The van der Waals surface area contributed by atoms with Gasteiger partial charge in [-0.05, 0) is 12.2 Å². The van der Waals surface area contributed by atoms with E-state index in [1.807, 2.05) is 0 Å². The van der Waals surface area contributed by atoms with E-state index < -0.39 is 11.9 Å². The van der Waals surface area contributed by atoms with Gasteiger partial charge in [0.05, 0.1) is 23.0 Å². The van der Waals surface area contributed by atoms with E-state index in [0.717, 1.165) is 0 Å². The largest absolute Gasteiger partial charge is 0.545 e. The maximum absolute atomic E-state index is 9.41. The van der Waals surface area contributed by atoms with Gasteiger partial charge in [-0.15, -0.1) is 0 Å². The third kappa shape index (κ3) is 22.9. The molecule has 0 aliphatic rings. The minimum absolute atomic E-state index is 0.384. The second-order valence-corrected chi connectivity index (χ2v) is 8.47. The highest BCUT2D eigenvalue weighted by Crippen LogP contribution is 2.20. The zero-order valence-electron chi connectivity index (χ0n) is 20.7. The molecule has 6 N–H and O–H groups in total. The molecule has 0 aromatic rings.